The number of hydrogen-bond donors (Lipinski definition) is 2. The highest BCUT2D eigenvalue weighted by atomic mass is 16.1. The summed E-state index contributed by atoms with van der Waals surface area (Å²) in [6, 6.07) is 10.5. The van der Waals surface area contributed by atoms with E-state index in [0.29, 0.717) is 18.3 Å². The minimum absolute atomic E-state index is 0.0784. The molecule has 0 bridgehead atoms. The molecule has 1 aliphatic rings. The Morgan fingerprint density at radius 1 is 1.26 bits per heavy atom. The van der Waals surface area contributed by atoms with E-state index in [4.69, 9.17) is 0 Å². The van der Waals surface area contributed by atoms with Crippen LogP contribution in [0.5, 0.6) is 0 Å². The van der Waals surface area contributed by atoms with Crippen molar-refractivity contribution in [2.24, 2.45) is 17.3 Å². The fourth-order valence-electron chi connectivity index (χ4n) is 3.49. The van der Waals surface area contributed by atoms with Gasteiger partial charge in [-0.2, -0.15) is 0 Å². The van der Waals surface area contributed by atoms with Crippen molar-refractivity contribution in [3.8, 4) is 0 Å². The smallest absolute Gasteiger partial charge is 0.220 e. The molecule has 1 amide bonds. The predicted molar refractivity (Wildman–Crippen MR) is 96.3 cm³/mol. The number of hydrogen-bond acceptors (Lipinski definition) is 2. The Morgan fingerprint density at radius 2 is 1.91 bits per heavy atom. The second-order valence-corrected chi connectivity index (χ2v) is 7.87. The maximum atomic E-state index is 12.3. The van der Waals surface area contributed by atoms with Crippen LogP contribution in [-0.4, -0.2) is 25.5 Å². The van der Waals surface area contributed by atoms with E-state index < -0.39 is 0 Å². The Hall–Kier alpha value is -1.35. The maximum Gasteiger partial charge on any atom is 0.220 e. The van der Waals surface area contributed by atoms with Gasteiger partial charge in [-0.05, 0) is 55.2 Å². The minimum Gasteiger partial charge on any atom is -0.356 e. The van der Waals surface area contributed by atoms with Crippen LogP contribution < -0.4 is 10.6 Å². The van der Waals surface area contributed by atoms with Gasteiger partial charge in [0.25, 0.3) is 0 Å². The lowest BCUT2D eigenvalue weighted by Crippen LogP contribution is -2.37. The second-order valence-electron chi connectivity index (χ2n) is 7.87. The first kappa shape index (κ1) is 18.0. The molecule has 1 aromatic carbocycles. The van der Waals surface area contributed by atoms with Gasteiger partial charge in [0, 0.05) is 13.0 Å². The van der Waals surface area contributed by atoms with Crippen molar-refractivity contribution in [2.75, 3.05) is 19.6 Å². The molecule has 2 N–H and O–H groups in total. The highest BCUT2D eigenvalue weighted by Crippen LogP contribution is 2.25. The number of rotatable bonds is 7. The van der Waals surface area contributed by atoms with Gasteiger partial charge in [-0.25, -0.2) is 0 Å². The molecule has 1 aliphatic heterocycles. The van der Waals surface area contributed by atoms with Crippen molar-refractivity contribution in [3.05, 3.63) is 35.9 Å². The molecule has 1 saturated heterocycles. The number of carbonyl (C=O) groups is 1. The number of nitrogens with one attached hydrogen (secondary N) is 2. The van der Waals surface area contributed by atoms with Gasteiger partial charge in [-0.15, -0.1) is 0 Å². The van der Waals surface area contributed by atoms with Crippen LogP contribution in [0.25, 0.3) is 0 Å². The quantitative estimate of drug-likeness (QED) is 0.809. The van der Waals surface area contributed by atoms with Crippen LogP contribution in [0.15, 0.2) is 30.3 Å². The van der Waals surface area contributed by atoms with Gasteiger partial charge in [0.1, 0.15) is 0 Å². The second kappa shape index (κ2) is 8.49. The summed E-state index contributed by atoms with van der Waals surface area (Å²) in [5.74, 6) is 1.38. The number of benzene rings is 1. The molecule has 1 unspecified atom stereocenters. The lowest BCUT2D eigenvalue weighted by molar-refractivity contribution is -0.122. The summed E-state index contributed by atoms with van der Waals surface area (Å²) < 4.78 is 0. The van der Waals surface area contributed by atoms with Crippen LogP contribution in [0.1, 0.15) is 45.6 Å². The first-order chi connectivity index (χ1) is 11.0. The molecular formula is C20H32N2O. The summed E-state index contributed by atoms with van der Waals surface area (Å²) in [5.41, 5.74) is 1.41. The normalized spacial score (nSPS) is 17.7. The van der Waals surface area contributed by atoms with Crippen LogP contribution in [-0.2, 0) is 11.2 Å². The molecule has 3 nitrogen and oxygen atoms in total. The van der Waals surface area contributed by atoms with Gasteiger partial charge in [-0.3, -0.25) is 4.79 Å². The molecule has 0 spiro atoms. The summed E-state index contributed by atoms with van der Waals surface area (Å²) in [6.07, 6.45) is 4.05. The lowest BCUT2D eigenvalue weighted by Gasteiger charge is -2.29. The van der Waals surface area contributed by atoms with Crippen LogP contribution in [0.3, 0.4) is 0 Å². The first-order valence-corrected chi connectivity index (χ1v) is 8.98. The van der Waals surface area contributed by atoms with Crippen molar-refractivity contribution in [1.29, 1.82) is 0 Å². The van der Waals surface area contributed by atoms with Gasteiger partial charge < -0.3 is 10.6 Å². The fourth-order valence-corrected chi connectivity index (χ4v) is 3.49. The van der Waals surface area contributed by atoms with E-state index in [-0.39, 0.29) is 11.3 Å². The van der Waals surface area contributed by atoms with E-state index in [0.717, 1.165) is 26.1 Å². The predicted octanol–water partition coefficient (Wildman–Crippen LogP) is 3.40. The Morgan fingerprint density at radius 3 is 2.57 bits per heavy atom. The molecule has 0 aromatic heterocycles. The molecule has 3 heteroatoms. The largest absolute Gasteiger partial charge is 0.356 e. The molecule has 0 radical (unpaired) electrons. The van der Waals surface area contributed by atoms with E-state index in [2.05, 4.69) is 55.7 Å². The highest BCUT2D eigenvalue weighted by Gasteiger charge is 2.24. The molecule has 0 aliphatic carbocycles. The SMILES string of the molecule is CC(CC(=O)NCC(C)(C)Cc1ccccc1)C1CCNCC1. The maximum absolute atomic E-state index is 12.3. The van der Waals surface area contributed by atoms with E-state index in [1.807, 2.05) is 6.07 Å². The Labute approximate surface area is 141 Å². The minimum atomic E-state index is 0.0784. The van der Waals surface area contributed by atoms with Crippen molar-refractivity contribution in [2.45, 2.75) is 46.5 Å². The number of piperidine rings is 1. The summed E-state index contributed by atoms with van der Waals surface area (Å²) in [6.45, 7) is 9.60. The molecule has 2 rings (SSSR count). The summed E-state index contributed by atoms with van der Waals surface area (Å²) in [7, 11) is 0. The number of amides is 1. The molecule has 1 heterocycles. The zero-order valence-electron chi connectivity index (χ0n) is 14.9. The molecule has 1 aromatic rings. The Balaban J connectivity index is 1.74. The van der Waals surface area contributed by atoms with Gasteiger partial charge in [0.15, 0.2) is 0 Å². The summed E-state index contributed by atoms with van der Waals surface area (Å²) in [5, 5.41) is 6.55. The molecule has 0 saturated carbocycles. The topological polar surface area (TPSA) is 41.1 Å². The fraction of sp³-hybridized carbons (Fsp3) is 0.650. The zero-order valence-corrected chi connectivity index (χ0v) is 14.9. The van der Waals surface area contributed by atoms with Crippen molar-refractivity contribution >= 4 is 5.91 Å². The molecule has 1 fully saturated rings. The average molecular weight is 316 g/mol. The van der Waals surface area contributed by atoms with Gasteiger partial charge in [0.2, 0.25) is 5.91 Å². The Kier molecular flexibility index (Phi) is 6.64. The van der Waals surface area contributed by atoms with Crippen LogP contribution in [0, 0.1) is 17.3 Å². The summed E-state index contributed by atoms with van der Waals surface area (Å²) in [4.78, 5) is 12.3. The average Bonchev–Trinajstić information content (AvgIpc) is 2.54. The molecule has 23 heavy (non-hydrogen) atoms. The van der Waals surface area contributed by atoms with Gasteiger partial charge >= 0.3 is 0 Å². The standard InChI is InChI=1S/C20H32N2O/c1-16(18-9-11-21-12-10-18)13-19(23)22-15-20(2,3)14-17-7-5-4-6-8-17/h4-8,16,18,21H,9-15H2,1-3H3,(H,22,23). The van der Waals surface area contributed by atoms with Crippen LogP contribution in [0.4, 0.5) is 0 Å². The summed E-state index contributed by atoms with van der Waals surface area (Å²) >= 11 is 0. The van der Waals surface area contributed by atoms with E-state index in [1.54, 1.807) is 0 Å². The lowest BCUT2D eigenvalue weighted by atomic mass is 9.83. The zero-order chi connectivity index (χ0) is 16.7. The molecule has 1 atom stereocenters. The van der Waals surface area contributed by atoms with Crippen molar-refractivity contribution < 1.29 is 4.79 Å². The third-order valence-corrected chi connectivity index (χ3v) is 4.99. The molecular weight excluding hydrogens is 284 g/mol. The first-order valence-electron chi connectivity index (χ1n) is 8.98. The van der Waals surface area contributed by atoms with Crippen molar-refractivity contribution in [1.82, 2.24) is 10.6 Å². The monoisotopic (exact) mass is 316 g/mol. The molecule has 128 valence electrons. The Bertz CT molecular complexity index is 478. The third kappa shape index (κ3) is 6.34. The highest BCUT2D eigenvalue weighted by molar-refractivity contribution is 5.76. The van der Waals surface area contributed by atoms with Gasteiger partial charge in [-0.1, -0.05) is 51.1 Å². The van der Waals surface area contributed by atoms with Gasteiger partial charge in [0.05, 0.1) is 0 Å². The van der Waals surface area contributed by atoms with Crippen LogP contribution >= 0.6 is 0 Å². The van der Waals surface area contributed by atoms with E-state index in [9.17, 15) is 4.79 Å². The third-order valence-electron chi connectivity index (χ3n) is 4.99. The van der Waals surface area contributed by atoms with Crippen molar-refractivity contribution in [3.63, 3.8) is 0 Å². The van der Waals surface area contributed by atoms with Crippen LogP contribution in [0.2, 0.25) is 0 Å². The van der Waals surface area contributed by atoms with E-state index >= 15 is 0 Å². The number of carbonyl (C=O) groups excluding carboxylic acids is 1. The van der Waals surface area contributed by atoms with E-state index in [1.165, 1.54) is 18.4 Å².